The van der Waals surface area contributed by atoms with Crippen LogP contribution in [0.25, 0.3) is 11.1 Å². The van der Waals surface area contributed by atoms with E-state index in [-0.39, 0.29) is 0 Å². The standard InChI is InChI=1S/C40H38N4/c1-27-22-29(3)39(30(4)23-27)44(40-31(5)24-28(2)25-32(40)6)37-18-16-36(17-19-37)43(38-20-21-41-26-42-38)35-14-12-34(13-15-35)33-10-8-7-9-11-33/h7-26H,1-6H3. The molecule has 0 saturated carbocycles. The lowest BCUT2D eigenvalue weighted by Crippen LogP contribution is -2.16. The normalized spacial score (nSPS) is 11.0. The topological polar surface area (TPSA) is 32.3 Å². The number of hydrogen-bond donors (Lipinski definition) is 0. The number of aromatic nitrogens is 2. The maximum atomic E-state index is 4.63. The first-order valence-corrected chi connectivity index (χ1v) is 15.1. The number of hydrogen-bond acceptors (Lipinski definition) is 4. The van der Waals surface area contributed by atoms with Gasteiger partial charge in [-0.25, -0.2) is 9.97 Å². The van der Waals surface area contributed by atoms with Crippen LogP contribution in [0.5, 0.6) is 0 Å². The molecule has 0 radical (unpaired) electrons. The van der Waals surface area contributed by atoms with Gasteiger partial charge in [-0.15, -0.1) is 0 Å². The van der Waals surface area contributed by atoms with Crippen molar-refractivity contribution in [3.63, 3.8) is 0 Å². The first kappa shape index (κ1) is 28.9. The van der Waals surface area contributed by atoms with Crippen molar-refractivity contribution >= 4 is 34.3 Å². The molecule has 0 aliphatic rings. The third kappa shape index (κ3) is 5.71. The monoisotopic (exact) mass is 574 g/mol. The number of anilines is 6. The Morgan fingerprint density at radius 3 is 1.34 bits per heavy atom. The summed E-state index contributed by atoms with van der Waals surface area (Å²) in [5, 5.41) is 0. The van der Waals surface area contributed by atoms with Crippen LogP contribution in [0.1, 0.15) is 33.4 Å². The smallest absolute Gasteiger partial charge is 0.140 e. The number of aryl methyl sites for hydroxylation is 6. The average Bonchev–Trinajstić information content (AvgIpc) is 3.01. The van der Waals surface area contributed by atoms with Gasteiger partial charge in [-0.2, -0.15) is 0 Å². The Balaban J connectivity index is 1.46. The maximum Gasteiger partial charge on any atom is 0.140 e. The number of nitrogens with zero attached hydrogens (tertiary/aromatic N) is 4. The molecule has 44 heavy (non-hydrogen) atoms. The lowest BCUT2D eigenvalue weighted by Gasteiger charge is -2.32. The van der Waals surface area contributed by atoms with Gasteiger partial charge in [0.25, 0.3) is 0 Å². The first-order valence-electron chi connectivity index (χ1n) is 15.1. The predicted molar refractivity (Wildman–Crippen MR) is 185 cm³/mol. The van der Waals surface area contributed by atoms with Gasteiger partial charge in [-0.05, 0) is 117 Å². The van der Waals surface area contributed by atoms with Gasteiger partial charge in [0.05, 0.1) is 11.4 Å². The Hall–Kier alpha value is -5.22. The van der Waals surface area contributed by atoms with Crippen molar-refractivity contribution in [2.75, 3.05) is 9.80 Å². The zero-order valence-electron chi connectivity index (χ0n) is 26.3. The highest BCUT2D eigenvalue weighted by Gasteiger charge is 2.22. The molecule has 1 aromatic heterocycles. The SMILES string of the molecule is Cc1cc(C)c(N(c2ccc(N(c3ccc(-c4ccccc4)cc3)c3ccncn3)cc2)c2c(C)cc(C)cc2C)c(C)c1. The summed E-state index contributed by atoms with van der Waals surface area (Å²) in [5.74, 6) is 0.813. The molecule has 4 nitrogen and oxygen atoms in total. The molecule has 0 atom stereocenters. The highest BCUT2D eigenvalue weighted by molar-refractivity contribution is 5.85. The van der Waals surface area contributed by atoms with Crippen molar-refractivity contribution in [2.24, 2.45) is 0 Å². The van der Waals surface area contributed by atoms with Crippen LogP contribution in [0.2, 0.25) is 0 Å². The quantitative estimate of drug-likeness (QED) is 0.190. The number of benzene rings is 5. The van der Waals surface area contributed by atoms with E-state index in [0.717, 1.165) is 22.9 Å². The largest absolute Gasteiger partial charge is 0.309 e. The fourth-order valence-electron chi connectivity index (χ4n) is 6.43. The Morgan fingerprint density at radius 1 is 0.455 bits per heavy atom. The van der Waals surface area contributed by atoms with Crippen LogP contribution < -0.4 is 9.80 Å². The Labute approximate surface area is 261 Å². The summed E-state index contributed by atoms with van der Waals surface area (Å²) in [6.45, 7) is 13.2. The molecule has 0 saturated heterocycles. The van der Waals surface area contributed by atoms with Crippen LogP contribution in [-0.4, -0.2) is 9.97 Å². The molecule has 0 amide bonds. The summed E-state index contributed by atoms with van der Waals surface area (Å²) in [6, 6.07) is 39.0. The molecular formula is C40H38N4. The Bertz CT molecular complexity index is 1790. The summed E-state index contributed by atoms with van der Waals surface area (Å²) < 4.78 is 0. The molecular weight excluding hydrogens is 536 g/mol. The van der Waals surface area contributed by atoms with Gasteiger partial charge < -0.3 is 4.90 Å². The zero-order valence-corrected chi connectivity index (χ0v) is 26.3. The summed E-state index contributed by atoms with van der Waals surface area (Å²) in [4.78, 5) is 13.4. The molecule has 0 aliphatic carbocycles. The fourth-order valence-corrected chi connectivity index (χ4v) is 6.43. The highest BCUT2D eigenvalue weighted by Crippen LogP contribution is 2.44. The molecule has 0 unspecified atom stereocenters. The summed E-state index contributed by atoms with van der Waals surface area (Å²) in [7, 11) is 0. The third-order valence-corrected chi connectivity index (χ3v) is 8.11. The molecule has 0 spiro atoms. The summed E-state index contributed by atoms with van der Waals surface area (Å²) in [5.41, 5.74) is 15.6. The highest BCUT2D eigenvalue weighted by atomic mass is 15.2. The van der Waals surface area contributed by atoms with Crippen molar-refractivity contribution in [1.82, 2.24) is 9.97 Å². The van der Waals surface area contributed by atoms with Gasteiger partial charge >= 0.3 is 0 Å². The van der Waals surface area contributed by atoms with Crippen molar-refractivity contribution < 1.29 is 0 Å². The van der Waals surface area contributed by atoms with Gasteiger partial charge in [0.2, 0.25) is 0 Å². The molecule has 5 aromatic carbocycles. The lowest BCUT2D eigenvalue weighted by atomic mass is 9.98. The molecule has 4 heteroatoms. The van der Waals surface area contributed by atoms with E-state index in [0.29, 0.717) is 0 Å². The molecule has 218 valence electrons. The van der Waals surface area contributed by atoms with E-state index in [1.165, 1.54) is 55.9 Å². The molecule has 0 bridgehead atoms. The Kier molecular flexibility index (Phi) is 7.99. The van der Waals surface area contributed by atoms with Crippen LogP contribution in [0.3, 0.4) is 0 Å². The van der Waals surface area contributed by atoms with Crippen LogP contribution in [-0.2, 0) is 0 Å². The Morgan fingerprint density at radius 2 is 0.886 bits per heavy atom. The summed E-state index contributed by atoms with van der Waals surface area (Å²) in [6.07, 6.45) is 3.39. The second-order valence-electron chi connectivity index (χ2n) is 11.7. The average molecular weight is 575 g/mol. The lowest BCUT2D eigenvalue weighted by molar-refractivity contribution is 1.11. The zero-order chi connectivity index (χ0) is 30.8. The van der Waals surface area contributed by atoms with Crippen molar-refractivity contribution in [1.29, 1.82) is 0 Å². The van der Waals surface area contributed by atoms with E-state index in [1.807, 2.05) is 12.1 Å². The van der Waals surface area contributed by atoms with E-state index in [1.54, 1.807) is 12.5 Å². The molecule has 6 rings (SSSR count). The first-order chi connectivity index (χ1) is 21.3. The van der Waals surface area contributed by atoms with Crippen LogP contribution in [0, 0.1) is 41.5 Å². The van der Waals surface area contributed by atoms with Crippen LogP contribution in [0.15, 0.2) is 122 Å². The van der Waals surface area contributed by atoms with Gasteiger partial charge in [0, 0.05) is 23.3 Å². The summed E-state index contributed by atoms with van der Waals surface area (Å²) >= 11 is 0. The van der Waals surface area contributed by atoms with Gasteiger partial charge in [-0.1, -0.05) is 77.9 Å². The molecule has 0 aliphatic heterocycles. The van der Waals surface area contributed by atoms with E-state index in [9.17, 15) is 0 Å². The third-order valence-electron chi connectivity index (χ3n) is 8.11. The van der Waals surface area contributed by atoms with Crippen molar-refractivity contribution in [2.45, 2.75) is 41.5 Å². The predicted octanol–water partition coefficient (Wildman–Crippen LogP) is 10.9. The second kappa shape index (κ2) is 12.2. The van der Waals surface area contributed by atoms with E-state index >= 15 is 0 Å². The molecule has 0 N–H and O–H groups in total. The minimum atomic E-state index is 0.813. The van der Waals surface area contributed by atoms with Gasteiger partial charge in [0.15, 0.2) is 0 Å². The second-order valence-corrected chi connectivity index (χ2v) is 11.7. The van der Waals surface area contributed by atoms with Gasteiger partial charge in [-0.3, -0.25) is 4.90 Å². The van der Waals surface area contributed by atoms with E-state index in [2.05, 4.69) is 158 Å². The van der Waals surface area contributed by atoms with Crippen molar-refractivity contribution in [3.8, 4) is 11.1 Å². The molecule has 0 fully saturated rings. The van der Waals surface area contributed by atoms with Crippen molar-refractivity contribution in [3.05, 3.63) is 155 Å². The van der Waals surface area contributed by atoms with E-state index < -0.39 is 0 Å². The van der Waals surface area contributed by atoms with Crippen LogP contribution >= 0.6 is 0 Å². The minimum Gasteiger partial charge on any atom is -0.309 e. The fraction of sp³-hybridized carbons (Fsp3) is 0.150. The van der Waals surface area contributed by atoms with Crippen LogP contribution in [0.4, 0.5) is 34.3 Å². The maximum absolute atomic E-state index is 4.63. The molecule has 6 aromatic rings. The number of rotatable bonds is 7. The molecule has 1 heterocycles. The minimum absolute atomic E-state index is 0.813. The van der Waals surface area contributed by atoms with Gasteiger partial charge in [0.1, 0.15) is 12.1 Å². The van der Waals surface area contributed by atoms with E-state index in [4.69, 9.17) is 0 Å².